The highest BCUT2D eigenvalue weighted by molar-refractivity contribution is 7.80. The standard InChI is InChI=1S/C15H20N4O2S/c1-3-21-14(20)13-11(7-18-15(17)22)19-8(2)10(6-16)12(13)9-4-5-9/h9-10,12H,3-5,7H2,1-2H3,(H3,17,18,22). The second kappa shape index (κ2) is 6.88. The summed E-state index contributed by atoms with van der Waals surface area (Å²) in [7, 11) is 0. The van der Waals surface area contributed by atoms with E-state index < -0.39 is 5.97 Å². The van der Waals surface area contributed by atoms with Crippen LogP contribution < -0.4 is 11.1 Å². The minimum Gasteiger partial charge on any atom is -0.463 e. The average molecular weight is 320 g/mol. The molecule has 0 saturated heterocycles. The predicted molar refractivity (Wildman–Crippen MR) is 86.9 cm³/mol. The van der Waals surface area contributed by atoms with Gasteiger partial charge in [0, 0.05) is 11.6 Å². The molecule has 1 aliphatic carbocycles. The molecule has 1 saturated carbocycles. The lowest BCUT2D eigenvalue weighted by molar-refractivity contribution is -0.139. The number of esters is 1. The molecule has 0 aromatic rings. The molecule has 1 heterocycles. The Morgan fingerprint density at radius 1 is 1.59 bits per heavy atom. The van der Waals surface area contributed by atoms with Crippen LogP contribution in [0.2, 0.25) is 0 Å². The van der Waals surface area contributed by atoms with E-state index in [9.17, 15) is 10.1 Å². The summed E-state index contributed by atoms with van der Waals surface area (Å²) < 4.78 is 5.19. The van der Waals surface area contributed by atoms with Crippen molar-refractivity contribution in [1.82, 2.24) is 5.32 Å². The quantitative estimate of drug-likeness (QED) is 0.584. The summed E-state index contributed by atoms with van der Waals surface area (Å²) in [5.41, 5.74) is 7.28. The van der Waals surface area contributed by atoms with Crippen LogP contribution in [0.15, 0.2) is 16.3 Å². The second-order valence-corrected chi connectivity index (χ2v) is 5.96. The van der Waals surface area contributed by atoms with Gasteiger partial charge in [-0.1, -0.05) is 0 Å². The van der Waals surface area contributed by atoms with Crippen LogP contribution in [0.1, 0.15) is 26.7 Å². The zero-order valence-corrected chi connectivity index (χ0v) is 13.6. The number of hydrogen-bond donors (Lipinski definition) is 2. The molecule has 1 fully saturated rings. The average Bonchev–Trinajstić information content (AvgIpc) is 3.28. The Bertz CT molecular complexity index is 587. The molecule has 0 aromatic heterocycles. The van der Waals surface area contributed by atoms with Crippen molar-refractivity contribution in [1.29, 1.82) is 5.26 Å². The molecule has 6 nitrogen and oxygen atoms in total. The Morgan fingerprint density at radius 3 is 2.77 bits per heavy atom. The van der Waals surface area contributed by atoms with Crippen molar-refractivity contribution in [3.05, 3.63) is 11.3 Å². The highest BCUT2D eigenvalue weighted by Crippen LogP contribution is 2.47. The number of nitrogens with zero attached hydrogens (tertiary/aromatic N) is 2. The van der Waals surface area contributed by atoms with E-state index in [1.807, 2.05) is 6.92 Å². The van der Waals surface area contributed by atoms with E-state index in [1.165, 1.54) is 0 Å². The Hall–Kier alpha value is -1.94. The Kier molecular flexibility index (Phi) is 5.14. The summed E-state index contributed by atoms with van der Waals surface area (Å²) in [6.07, 6.45) is 2.05. The van der Waals surface area contributed by atoms with Crippen molar-refractivity contribution >= 4 is 29.0 Å². The monoisotopic (exact) mass is 320 g/mol. The van der Waals surface area contributed by atoms with Gasteiger partial charge in [-0.25, -0.2) is 4.79 Å². The molecule has 1 aliphatic heterocycles. The topological polar surface area (TPSA) is 100 Å². The van der Waals surface area contributed by atoms with Gasteiger partial charge in [0.15, 0.2) is 5.11 Å². The number of thiocarbonyl (C=S) groups is 1. The second-order valence-electron chi connectivity index (χ2n) is 5.52. The SMILES string of the molecule is CCOC(=O)C1=C(CNC(N)=S)N=C(C)C(C#N)C1C1CC1. The van der Waals surface area contributed by atoms with Crippen molar-refractivity contribution in [3.63, 3.8) is 0 Å². The van der Waals surface area contributed by atoms with E-state index in [1.54, 1.807) is 6.92 Å². The summed E-state index contributed by atoms with van der Waals surface area (Å²) in [5.74, 6) is -0.574. The van der Waals surface area contributed by atoms with Crippen LogP contribution in [0.25, 0.3) is 0 Å². The number of nitriles is 1. The third kappa shape index (κ3) is 3.45. The highest BCUT2D eigenvalue weighted by Gasteiger charge is 2.46. The van der Waals surface area contributed by atoms with Crippen molar-refractivity contribution < 1.29 is 9.53 Å². The van der Waals surface area contributed by atoms with Gasteiger partial charge in [0.05, 0.1) is 36.4 Å². The number of hydrogen-bond acceptors (Lipinski definition) is 5. The number of rotatable bonds is 5. The van der Waals surface area contributed by atoms with Gasteiger partial charge in [-0.15, -0.1) is 0 Å². The van der Waals surface area contributed by atoms with E-state index in [0.29, 0.717) is 17.2 Å². The molecule has 2 atom stereocenters. The maximum atomic E-state index is 12.4. The number of carbonyl (C=O) groups excluding carboxylic acids is 1. The van der Waals surface area contributed by atoms with E-state index in [-0.39, 0.29) is 30.1 Å². The van der Waals surface area contributed by atoms with Crippen molar-refractivity contribution in [3.8, 4) is 6.07 Å². The van der Waals surface area contributed by atoms with Gasteiger partial charge >= 0.3 is 5.97 Å². The molecule has 0 bridgehead atoms. The van der Waals surface area contributed by atoms with Gasteiger partial charge in [-0.2, -0.15) is 5.26 Å². The molecule has 7 heteroatoms. The Labute approximate surface area is 135 Å². The third-order valence-corrected chi connectivity index (χ3v) is 4.10. The molecular weight excluding hydrogens is 300 g/mol. The van der Waals surface area contributed by atoms with Crippen LogP contribution in [0.5, 0.6) is 0 Å². The van der Waals surface area contributed by atoms with E-state index in [4.69, 9.17) is 22.7 Å². The first-order valence-electron chi connectivity index (χ1n) is 7.37. The van der Waals surface area contributed by atoms with Crippen LogP contribution in [0, 0.1) is 29.1 Å². The molecular formula is C15H20N4O2S. The fourth-order valence-corrected chi connectivity index (χ4v) is 2.94. The Morgan fingerprint density at radius 2 is 2.27 bits per heavy atom. The fourth-order valence-electron chi connectivity index (χ4n) is 2.87. The predicted octanol–water partition coefficient (Wildman–Crippen LogP) is 1.28. The van der Waals surface area contributed by atoms with Crippen molar-refractivity contribution in [2.45, 2.75) is 26.7 Å². The molecule has 0 spiro atoms. The lowest BCUT2D eigenvalue weighted by Gasteiger charge is -2.29. The summed E-state index contributed by atoms with van der Waals surface area (Å²) in [6.45, 7) is 4.14. The summed E-state index contributed by atoms with van der Waals surface area (Å²) in [6, 6.07) is 2.29. The number of nitrogens with two attached hydrogens (primary N) is 1. The largest absolute Gasteiger partial charge is 0.463 e. The van der Waals surface area contributed by atoms with Gasteiger partial charge < -0.3 is 15.8 Å². The van der Waals surface area contributed by atoms with Gasteiger partial charge in [0.1, 0.15) is 0 Å². The summed E-state index contributed by atoms with van der Waals surface area (Å²) in [5, 5.41) is 12.5. The number of carbonyl (C=O) groups is 1. The van der Waals surface area contributed by atoms with Crippen LogP contribution in [-0.2, 0) is 9.53 Å². The van der Waals surface area contributed by atoms with E-state index in [0.717, 1.165) is 18.6 Å². The fraction of sp³-hybridized carbons (Fsp3) is 0.600. The maximum absolute atomic E-state index is 12.4. The minimum atomic E-state index is -0.393. The maximum Gasteiger partial charge on any atom is 0.336 e. The first-order valence-corrected chi connectivity index (χ1v) is 7.78. The zero-order valence-electron chi connectivity index (χ0n) is 12.8. The molecule has 2 aliphatic rings. The smallest absolute Gasteiger partial charge is 0.336 e. The minimum absolute atomic E-state index is 0.147. The zero-order chi connectivity index (χ0) is 16.3. The van der Waals surface area contributed by atoms with Crippen LogP contribution >= 0.6 is 12.2 Å². The summed E-state index contributed by atoms with van der Waals surface area (Å²) >= 11 is 4.82. The number of ether oxygens (including phenoxy) is 1. The van der Waals surface area contributed by atoms with Crippen molar-refractivity contribution in [2.24, 2.45) is 28.5 Å². The highest BCUT2D eigenvalue weighted by atomic mass is 32.1. The van der Waals surface area contributed by atoms with Gasteiger partial charge in [0.2, 0.25) is 0 Å². The molecule has 22 heavy (non-hydrogen) atoms. The van der Waals surface area contributed by atoms with E-state index in [2.05, 4.69) is 16.4 Å². The molecule has 2 unspecified atom stereocenters. The molecule has 2 rings (SSSR count). The lowest BCUT2D eigenvalue weighted by Crippen LogP contribution is -2.37. The summed E-state index contributed by atoms with van der Waals surface area (Å²) in [4.78, 5) is 16.9. The molecule has 118 valence electrons. The Balaban J connectivity index is 2.43. The first kappa shape index (κ1) is 16.4. The van der Waals surface area contributed by atoms with Gasteiger partial charge in [-0.05, 0) is 44.8 Å². The molecule has 0 aromatic carbocycles. The van der Waals surface area contributed by atoms with Gasteiger partial charge in [0.25, 0.3) is 0 Å². The third-order valence-electron chi connectivity index (χ3n) is 3.96. The molecule has 3 N–H and O–H groups in total. The van der Waals surface area contributed by atoms with Gasteiger partial charge in [-0.3, -0.25) is 4.99 Å². The van der Waals surface area contributed by atoms with Crippen LogP contribution in [0.4, 0.5) is 0 Å². The molecule has 0 amide bonds. The van der Waals surface area contributed by atoms with Crippen LogP contribution in [0.3, 0.4) is 0 Å². The number of nitrogens with one attached hydrogen (secondary N) is 1. The van der Waals surface area contributed by atoms with Crippen LogP contribution in [-0.4, -0.2) is 29.9 Å². The van der Waals surface area contributed by atoms with Crippen molar-refractivity contribution in [2.75, 3.05) is 13.2 Å². The molecule has 0 radical (unpaired) electrons. The van der Waals surface area contributed by atoms with E-state index >= 15 is 0 Å². The lowest BCUT2D eigenvalue weighted by atomic mass is 9.77. The number of aliphatic imine (C=N–C) groups is 1. The normalized spacial score (nSPS) is 24.3. The first-order chi connectivity index (χ1) is 10.5.